The van der Waals surface area contributed by atoms with Crippen molar-refractivity contribution < 1.29 is 14.0 Å². The minimum Gasteiger partial charge on any atom is -0.348 e. The van der Waals surface area contributed by atoms with Crippen LogP contribution >= 0.6 is 0 Å². The zero-order valence-corrected chi connectivity index (χ0v) is 16.3. The van der Waals surface area contributed by atoms with Crippen LogP contribution in [0.25, 0.3) is 0 Å². The van der Waals surface area contributed by atoms with E-state index in [-0.39, 0.29) is 30.0 Å². The number of halogens is 1. The molecule has 1 aliphatic rings. The van der Waals surface area contributed by atoms with Crippen LogP contribution in [0, 0.1) is 11.7 Å². The number of nitrogens with zero attached hydrogens (tertiary/aromatic N) is 2. The molecule has 0 aliphatic carbocycles. The number of carbonyl (C=O) groups excluding carboxylic acids is 2. The summed E-state index contributed by atoms with van der Waals surface area (Å²) in [5.41, 5.74) is 1.10. The Balaban J connectivity index is 1.72. The predicted molar refractivity (Wildman–Crippen MR) is 105 cm³/mol. The lowest BCUT2D eigenvalue weighted by atomic mass is 9.78. The van der Waals surface area contributed by atoms with Crippen molar-refractivity contribution in [1.82, 2.24) is 15.2 Å². The van der Waals surface area contributed by atoms with Crippen LogP contribution in [0.15, 0.2) is 48.7 Å². The highest BCUT2D eigenvalue weighted by atomic mass is 19.1. The van der Waals surface area contributed by atoms with Crippen LogP contribution in [0.2, 0.25) is 0 Å². The van der Waals surface area contributed by atoms with Crippen LogP contribution in [0.5, 0.6) is 0 Å². The lowest BCUT2D eigenvalue weighted by Gasteiger charge is -2.46. The van der Waals surface area contributed by atoms with Gasteiger partial charge in [0.05, 0.1) is 24.2 Å². The number of likely N-dealkylation sites (tertiary alicyclic amines) is 1. The van der Waals surface area contributed by atoms with E-state index in [9.17, 15) is 14.0 Å². The highest BCUT2D eigenvalue weighted by molar-refractivity contribution is 5.81. The number of amides is 2. The Morgan fingerprint density at radius 3 is 2.64 bits per heavy atom. The first-order valence-corrected chi connectivity index (χ1v) is 9.61. The molecule has 1 aromatic heterocycles. The van der Waals surface area contributed by atoms with Crippen molar-refractivity contribution in [2.75, 3.05) is 6.54 Å². The molecule has 0 spiro atoms. The summed E-state index contributed by atoms with van der Waals surface area (Å²) in [6.07, 6.45) is 2.89. The smallest absolute Gasteiger partial charge is 0.224 e. The number of rotatable bonds is 6. The number of hydrogen-bond acceptors (Lipinski definition) is 3. The van der Waals surface area contributed by atoms with Crippen molar-refractivity contribution in [3.05, 3.63) is 65.7 Å². The molecule has 1 aromatic carbocycles. The molecule has 2 aromatic rings. The summed E-state index contributed by atoms with van der Waals surface area (Å²) >= 11 is 0. The number of hydrogen-bond donors (Lipinski definition) is 1. The van der Waals surface area contributed by atoms with Crippen LogP contribution in [0.3, 0.4) is 0 Å². The van der Waals surface area contributed by atoms with E-state index < -0.39 is 5.54 Å². The van der Waals surface area contributed by atoms with Crippen molar-refractivity contribution in [2.24, 2.45) is 5.92 Å². The summed E-state index contributed by atoms with van der Waals surface area (Å²) in [4.78, 5) is 31.3. The van der Waals surface area contributed by atoms with Crippen LogP contribution in [0.4, 0.5) is 4.39 Å². The molecule has 1 N–H and O–H groups in total. The Labute approximate surface area is 165 Å². The maximum absolute atomic E-state index is 13.1. The molecule has 0 bridgehead atoms. The van der Waals surface area contributed by atoms with Gasteiger partial charge in [-0.2, -0.15) is 0 Å². The van der Waals surface area contributed by atoms with Gasteiger partial charge in [0.1, 0.15) is 5.82 Å². The Morgan fingerprint density at radius 2 is 2.00 bits per heavy atom. The van der Waals surface area contributed by atoms with Crippen LogP contribution < -0.4 is 5.32 Å². The minimum atomic E-state index is -0.486. The second-order valence-corrected chi connectivity index (χ2v) is 7.73. The topological polar surface area (TPSA) is 62.3 Å². The summed E-state index contributed by atoms with van der Waals surface area (Å²) in [5.74, 6) is -0.204. The van der Waals surface area contributed by atoms with Gasteiger partial charge in [-0.15, -0.1) is 0 Å². The molecule has 2 heterocycles. The van der Waals surface area contributed by atoms with Gasteiger partial charge in [-0.25, -0.2) is 4.39 Å². The fourth-order valence-electron chi connectivity index (χ4n) is 3.65. The van der Waals surface area contributed by atoms with Gasteiger partial charge in [0, 0.05) is 19.2 Å². The zero-order chi connectivity index (χ0) is 20.1. The molecule has 1 atom stereocenters. The average molecular weight is 383 g/mol. The van der Waals surface area contributed by atoms with Gasteiger partial charge in [0.2, 0.25) is 11.8 Å². The van der Waals surface area contributed by atoms with E-state index in [0.717, 1.165) is 11.3 Å². The van der Waals surface area contributed by atoms with E-state index in [2.05, 4.69) is 24.1 Å². The quantitative estimate of drug-likeness (QED) is 0.834. The monoisotopic (exact) mass is 383 g/mol. The van der Waals surface area contributed by atoms with E-state index in [4.69, 9.17) is 0 Å². The fraction of sp³-hybridized carbons (Fsp3) is 0.409. The molecule has 2 amide bonds. The highest BCUT2D eigenvalue weighted by Gasteiger charge is 2.42. The van der Waals surface area contributed by atoms with E-state index in [0.29, 0.717) is 25.9 Å². The van der Waals surface area contributed by atoms with Crippen molar-refractivity contribution in [3.8, 4) is 0 Å². The predicted octanol–water partition coefficient (Wildman–Crippen LogP) is 3.10. The largest absolute Gasteiger partial charge is 0.348 e. The highest BCUT2D eigenvalue weighted by Crippen LogP contribution is 2.30. The van der Waals surface area contributed by atoms with Crippen LogP contribution in [0.1, 0.15) is 37.9 Å². The number of pyridine rings is 1. The van der Waals surface area contributed by atoms with Crippen molar-refractivity contribution in [3.63, 3.8) is 0 Å². The molecule has 5 nitrogen and oxygen atoms in total. The second kappa shape index (κ2) is 8.50. The normalized spacial score (nSPS) is 19.7. The molecule has 0 saturated carbocycles. The summed E-state index contributed by atoms with van der Waals surface area (Å²) in [6.45, 7) is 5.01. The molecule has 1 unspecified atom stereocenters. The lowest BCUT2D eigenvalue weighted by molar-refractivity contribution is -0.140. The average Bonchev–Trinajstić information content (AvgIpc) is 2.67. The molecule has 6 heteroatoms. The third-order valence-corrected chi connectivity index (χ3v) is 5.46. The summed E-state index contributed by atoms with van der Waals surface area (Å²) in [7, 11) is 0. The van der Waals surface area contributed by atoms with E-state index >= 15 is 0 Å². The molecule has 1 saturated heterocycles. The first kappa shape index (κ1) is 20.0. The molecule has 148 valence electrons. The van der Waals surface area contributed by atoms with Gasteiger partial charge in [0.25, 0.3) is 0 Å². The molecule has 28 heavy (non-hydrogen) atoms. The van der Waals surface area contributed by atoms with Crippen LogP contribution in [-0.2, 0) is 22.6 Å². The van der Waals surface area contributed by atoms with E-state index in [1.54, 1.807) is 23.2 Å². The van der Waals surface area contributed by atoms with Crippen molar-refractivity contribution in [1.29, 1.82) is 0 Å². The Bertz CT molecular complexity index is 823. The lowest BCUT2D eigenvalue weighted by Crippen LogP contribution is -2.62. The van der Waals surface area contributed by atoms with Gasteiger partial charge in [-0.1, -0.05) is 32.0 Å². The molecule has 1 aliphatic heterocycles. The third-order valence-electron chi connectivity index (χ3n) is 5.46. The number of benzene rings is 1. The Hall–Kier alpha value is -2.76. The Morgan fingerprint density at radius 1 is 1.25 bits per heavy atom. The van der Waals surface area contributed by atoms with E-state index in [1.807, 2.05) is 18.2 Å². The molecular formula is C22H26FN3O2. The second-order valence-electron chi connectivity index (χ2n) is 7.73. The van der Waals surface area contributed by atoms with Gasteiger partial charge in [-0.3, -0.25) is 14.6 Å². The van der Waals surface area contributed by atoms with Gasteiger partial charge in [-0.05, 0) is 42.2 Å². The zero-order valence-electron chi connectivity index (χ0n) is 16.3. The number of nitrogens with one attached hydrogen (secondary N) is 1. The standard InChI is InChI=1S/C22H26FN3O2/c1-16(2)22(25-20(27)13-17-6-8-18(23)9-7-17)11-10-21(28)26(15-22)14-19-5-3-4-12-24-19/h3-9,12,16H,10-11,13-15H2,1-2H3,(H,25,27). The maximum atomic E-state index is 13.1. The summed E-state index contributed by atoms with van der Waals surface area (Å²) < 4.78 is 13.1. The number of carbonyl (C=O) groups is 2. The number of piperidine rings is 1. The van der Waals surface area contributed by atoms with Gasteiger partial charge in [0.15, 0.2) is 0 Å². The maximum Gasteiger partial charge on any atom is 0.224 e. The van der Waals surface area contributed by atoms with E-state index in [1.165, 1.54) is 12.1 Å². The summed E-state index contributed by atoms with van der Waals surface area (Å²) in [5, 5.41) is 3.18. The minimum absolute atomic E-state index is 0.0784. The Kier molecular flexibility index (Phi) is 6.07. The van der Waals surface area contributed by atoms with Crippen molar-refractivity contribution in [2.45, 2.75) is 45.2 Å². The molecular weight excluding hydrogens is 357 g/mol. The third kappa shape index (κ3) is 4.74. The van der Waals surface area contributed by atoms with Crippen LogP contribution in [-0.4, -0.2) is 33.8 Å². The first-order chi connectivity index (χ1) is 13.4. The molecule has 3 rings (SSSR count). The first-order valence-electron chi connectivity index (χ1n) is 9.61. The van der Waals surface area contributed by atoms with Gasteiger partial charge < -0.3 is 10.2 Å². The molecule has 0 radical (unpaired) electrons. The molecule has 1 fully saturated rings. The van der Waals surface area contributed by atoms with Gasteiger partial charge >= 0.3 is 0 Å². The fourth-order valence-corrected chi connectivity index (χ4v) is 3.65. The SMILES string of the molecule is CC(C)C1(NC(=O)Cc2ccc(F)cc2)CCC(=O)N(Cc2ccccn2)C1. The number of aromatic nitrogens is 1. The summed E-state index contributed by atoms with van der Waals surface area (Å²) in [6, 6.07) is 11.6. The van der Waals surface area contributed by atoms with Crippen molar-refractivity contribution >= 4 is 11.8 Å².